The van der Waals surface area contributed by atoms with Gasteiger partial charge in [0.05, 0.1) is 6.61 Å². The molecule has 1 aromatic heterocycles. The van der Waals surface area contributed by atoms with Crippen molar-refractivity contribution >= 4 is 17.7 Å². The summed E-state index contributed by atoms with van der Waals surface area (Å²) in [6, 6.07) is 0. The number of ether oxygens (including phenoxy) is 1. The van der Waals surface area contributed by atoms with E-state index in [2.05, 4.69) is 20.8 Å². The zero-order chi connectivity index (χ0) is 13.9. The summed E-state index contributed by atoms with van der Waals surface area (Å²) >= 11 is 1.62. The molecule has 0 saturated heterocycles. The summed E-state index contributed by atoms with van der Waals surface area (Å²) in [5.41, 5.74) is -0.556. The molecule has 0 aliphatic heterocycles. The molecule has 0 aromatic carbocycles. The van der Waals surface area contributed by atoms with E-state index in [1.165, 1.54) is 0 Å². The van der Waals surface area contributed by atoms with Crippen molar-refractivity contribution in [1.29, 1.82) is 0 Å². The minimum atomic E-state index is -0.556. The molecule has 1 aliphatic carbocycles. The van der Waals surface area contributed by atoms with Crippen molar-refractivity contribution in [3.63, 3.8) is 0 Å². The Hall–Kier alpha value is -1.15. The van der Waals surface area contributed by atoms with Gasteiger partial charge in [-0.1, -0.05) is 11.8 Å². The third kappa shape index (κ3) is 2.89. The molecule has 1 saturated carbocycles. The first kappa shape index (κ1) is 14.3. The number of nitrogens with zero attached hydrogens (tertiary/aromatic N) is 4. The van der Waals surface area contributed by atoms with Crippen molar-refractivity contribution in [3.8, 4) is 0 Å². The van der Waals surface area contributed by atoms with E-state index in [9.17, 15) is 4.79 Å². The Morgan fingerprint density at radius 1 is 1.68 bits per heavy atom. The van der Waals surface area contributed by atoms with Gasteiger partial charge in [-0.25, -0.2) is 4.68 Å². The second kappa shape index (κ2) is 5.87. The summed E-state index contributed by atoms with van der Waals surface area (Å²) in [6.07, 6.45) is 2.46. The van der Waals surface area contributed by atoms with Gasteiger partial charge in [0.1, 0.15) is 5.54 Å². The predicted molar refractivity (Wildman–Crippen MR) is 70.7 cm³/mol. The first-order chi connectivity index (χ1) is 9.11. The molecule has 0 bridgehead atoms. The largest absolute Gasteiger partial charge is 0.465 e. The summed E-state index contributed by atoms with van der Waals surface area (Å²) in [5.74, 6) is -0.156. The average Bonchev–Trinajstić information content (AvgIpc) is 2.99. The maximum Gasteiger partial charge on any atom is 0.326 e. The van der Waals surface area contributed by atoms with E-state index in [0.717, 1.165) is 24.4 Å². The Labute approximate surface area is 116 Å². The highest BCUT2D eigenvalue weighted by Crippen LogP contribution is 2.39. The van der Waals surface area contributed by atoms with Gasteiger partial charge in [-0.3, -0.25) is 4.79 Å². The molecule has 0 amide bonds. The standard InChI is InChI=1S/C11H19N5O2S/c1-4-18-9(17)11(12-2)6-5-8(7-11)19-10-13-14-15-16(10)3/h8,12H,4-7H2,1-3H3. The highest BCUT2D eigenvalue weighted by molar-refractivity contribution is 7.99. The van der Waals surface area contributed by atoms with Crippen molar-refractivity contribution in [2.45, 2.75) is 42.1 Å². The molecule has 0 radical (unpaired) electrons. The molecule has 8 heteroatoms. The van der Waals surface area contributed by atoms with Crippen LogP contribution in [-0.4, -0.2) is 50.6 Å². The topological polar surface area (TPSA) is 81.9 Å². The van der Waals surface area contributed by atoms with Gasteiger partial charge < -0.3 is 10.1 Å². The molecular weight excluding hydrogens is 266 g/mol. The van der Waals surface area contributed by atoms with Gasteiger partial charge in [0.25, 0.3) is 0 Å². The number of aromatic nitrogens is 4. The van der Waals surface area contributed by atoms with Crippen molar-refractivity contribution in [3.05, 3.63) is 0 Å². The van der Waals surface area contributed by atoms with E-state index >= 15 is 0 Å². The van der Waals surface area contributed by atoms with Gasteiger partial charge >= 0.3 is 5.97 Å². The monoisotopic (exact) mass is 285 g/mol. The number of hydrogen-bond donors (Lipinski definition) is 1. The smallest absolute Gasteiger partial charge is 0.326 e. The van der Waals surface area contributed by atoms with Crippen LogP contribution in [0.25, 0.3) is 0 Å². The molecule has 7 nitrogen and oxygen atoms in total. The number of rotatable bonds is 5. The van der Waals surface area contributed by atoms with E-state index in [1.807, 2.05) is 21.0 Å². The van der Waals surface area contributed by atoms with Gasteiger partial charge in [0, 0.05) is 12.3 Å². The lowest BCUT2D eigenvalue weighted by Gasteiger charge is -2.26. The number of thioether (sulfide) groups is 1. The lowest BCUT2D eigenvalue weighted by molar-refractivity contribution is -0.150. The van der Waals surface area contributed by atoms with Gasteiger partial charge in [-0.05, 0) is 43.7 Å². The van der Waals surface area contributed by atoms with Crippen molar-refractivity contribution in [1.82, 2.24) is 25.5 Å². The first-order valence-corrected chi connectivity index (χ1v) is 7.24. The van der Waals surface area contributed by atoms with Crippen LogP contribution in [-0.2, 0) is 16.6 Å². The zero-order valence-electron chi connectivity index (χ0n) is 11.4. The lowest BCUT2D eigenvalue weighted by Crippen LogP contribution is -2.49. The molecule has 19 heavy (non-hydrogen) atoms. The fourth-order valence-corrected chi connectivity index (χ4v) is 3.53. The normalized spacial score (nSPS) is 26.6. The molecule has 1 aromatic rings. The molecule has 1 fully saturated rings. The lowest BCUT2D eigenvalue weighted by atomic mass is 9.98. The van der Waals surface area contributed by atoms with E-state index in [0.29, 0.717) is 11.9 Å². The van der Waals surface area contributed by atoms with Crippen LogP contribution >= 0.6 is 11.8 Å². The third-order valence-corrected chi connectivity index (χ3v) is 4.76. The minimum absolute atomic E-state index is 0.156. The van der Waals surface area contributed by atoms with E-state index in [4.69, 9.17) is 4.74 Å². The van der Waals surface area contributed by atoms with Crippen LogP contribution in [0, 0.1) is 0 Å². The Morgan fingerprint density at radius 3 is 3.05 bits per heavy atom. The van der Waals surface area contributed by atoms with Crippen LogP contribution < -0.4 is 5.32 Å². The molecule has 2 unspecified atom stereocenters. The fourth-order valence-electron chi connectivity index (χ4n) is 2.35. The van der Waals surface area contributed by atoms with Crippen LogP contribution in [0.1, 0.15) is 26.2 Å². The minimum Gasteiger partial charge on any atom is -0.465 e. The molecule has 106 valence electrons. The van der Waals surface area contributed by atoms with Crippen LogP contribution in [0.4, 0.5) is 0 Å². The number of likely N-dealkylation sites (N-methyl/N-ethyl adjacent to an activating group) is 1. The zero-order valence-corrected chi connectivity index (χ0v) is 12.2. The number of tetrazole rings is 1. The van der Waals surface area contributed by atoms with Gasteiger partial charge in [0.2, 0.25) is 5.16 Å². The number of carbonyl (C=O) groups excluding carboxylic acids is 1. The predicted octanol–water partition coefficient (Wildman–Crippen LogP) is 0.376. The molecule has 2 rings (SSSR count). The Morgan fingerprint density at radius 2 is 2.47 bits per heavy atom. The molecule has 1 N–H and O–H groups in total. The van der Waals surface area contributed by atoms with Gasteiger partial charge in [-0.15, -0.1) is 5.10 Å². The number of hydrogen-bond acceptors (Lipinski definition) is 7. The van der Waals surface area contributed by atoms with Crippen molar-refractivity contribution in [2.24, 2.45) is 7.05 Å². The summed E-state index contributed by atoms with van der Waals surface area (Å²) in [5, 5.41) is 15.6. The Bertz CT molecular complexity index is 452. The Kier molecular flexibility index (Phi) is 4.41. The number of aryl methyl sites for hydroxylation is 1. The van der Waals surface area contributed by atoms with Crippen LogP contribution in [0.2, 0.25) is 0 Å². The molecular formula is C11H19N5O2S. The summed E-state index contributed by atoms with van der Waals surface area (Å²) in [7, 11) is 3.63. The maximum atomic E-state index is 12.1. The molecule has 1 aliphatic rings. The van der Waals surface area contributed by atoms with Crippen LogP contribution in [0.5, 0.6) is 0 Å². The highest BCUT2D eigenvalue weighted by atomic mass is 32.2. The molecule has 0 spiro atoms. The van der Waals surface area contributed by atoms with Crippen molar-refractivity contribution in [2.75, 3.05) is 13.7 Å². The third-order valence-electron chi connectivity index (χ3n) is 3.47. The summed E-state index contributed by atoms with van der Waals surface area (Å²) in [4.78, 5) is 12.1. The highest BCUT2D eigenvalue weighted by Gasteiger charge is 2.46. The average molecular weight is 285 g/mol. The second-order valence-electron chi connectivity index (χ2n) is 4.62. The van der Waals surface area contributed by atoms with Crippen molar-refractivity contribution < 1.29 is 9.53 Å². The summed E-state index contributed by atoms with van der Waals surface area (Å²) < 4.78 is 6.82. The first-order valence-electron chi connectivity index (χ1n) is 6.36. The Balaban J connectivity index is 2.01. The summed E-state index contributed by atoms with van der Waals surface area (Å²) in [6.45, 7) is 2.24. The number of carbonyl (C=O) groups is 1. The number of nitrogens with one attached hydrogen (secondary N) is 1. The van der Waals surface area contributed by atoms with E-state index in [1.54, 1.807) is 16.4 Å². The molecule has 2 atom stereocenters. The van der Waals surface area contributed by atoms with Gasteiger partial charge in [-0.2, -0.15) is 0 Å². The maximum absolute atomic E-state index is 12.1. The quantitative estimate of drug-likeness (QED) is 0.783. The van der Waals surface area contributed by atoms with Gasteiger partial charge in [0.15, 0.2) is 0 Å². The second-order valence-corrected chi connectivity index (χ2v) is 5.89. The van der Waals surface area contributed by atoms with Crippen LogP contribution in [0.3, 0.4) is 0 Å². The molecule has 1 heterocycles. The van der Waals surface area contributed by atoms with Crippen LogP contribution in [0.15, 0.2) is 5.16 Å². The van der Waals surface area contributed by atoms with E-state index < -0.39 is 5.54 Å². The SMILES string of the molecule is CCOC(=O)C1(NC)CCC(Sc2nnnn2C)C1. The number of esters is 1. The fraction of sp³-hybridized carbons (Fsp3) is 0.818. The van der Waals surface area contributed by atoms with E-state index in [-0.39, 0.29) is 5.97 Å².